The second kappa shape index (κ2) is 252. The van der Waals surface area contributed by atoms with Crippen LogP contribution in [0, 0.1) is 14.4 Å². The molecule has 0 aliphatic heterocycles. The van der Waals surface area contributed by atoms with Crippen LogP contribution in [0.15, 0.2) is 12.3 Å². The predicted octanol–water partition coefficient (Wildman–Crippen LogP) is 2.89. The van der Waals surface area contributed by atoms with Crippen molar-refractivity contribution in [2.45, 2.75) is 35.1 Å². The molecule has 0 saturated carbocycles. The van der Waals surface area contributed by atoms with Gasteiger partial charge in [0.1, 0.15) is 0 Å². The van der Waals surface area contributed by atoms with Gasteiger partial charge in [-0.3, -0.25) is 13.5 Å². The molecule has 0 heterocycles. The molecule has 5 nitrogen and oxygen atoms in total. The monoisotopic (exact) mass is 368 g/mol. The molecule has 0 aliphatic rings. The van der Waals surface area contributed by atoms with Gasteiger partial charge in [0.05, 0.1) is 5.76 Å². The topological polar surface area (TPSA) is 88.5 Å². The first-order chi connectivity index (χ1) is 7.51. The van der Waals surface area contributed by atoms with Gasteiger partial charge >= 0.3 is 39.1 Å². The van der Waals surface area contributed by atoms with Crippen LogP contribution in [0.2, 0.25) is 0 Å². The maximum absolute atomic E-state index is 8.35. The van der Waals surface area contributed by atoms with Crippen molar-refractivity contribution in [2.75, 3.05) is 0 Å². The van der Waals surface area contributed by atoms with E-state index >= 15 is 0 Å². The summed E-state index contributed by atoms with van der Waals surface area (Å²) < 4.78 is 10.8. The molecule has 124 valence electrons. The maximum Gasteiger partial charge on any atom is 2.00 e. The zero-order valence-corrected chi connectivity index (χ0v) is 11.8. The van der Waals surface area contributed by atoms with Crippen LogP contribution >= 0.6 is 0 Å². The predicted molar refractivity (Wildman–Crippen MR) is 71.5 cm³/mol. The average molecular weight is 370 g/mol. The standard InChI is InChI=1S/C4H7O.C2H6.CO2.2CHO.2CH4.CH3.2Ni/c1-3-4(2)5;1-2;2-1-3;2*1-2;;;;;/h5H,1-3H2;1-2H3;;2*1H;2*1H4;1H3;;/q-1;;;2*-1;;;-1;2*+2/i;;;2*1D;;;;;. The number of rotatable bonds is 1. The van der Waals surface area contributed by atoms with Crippen molar-refractivity contribution in [3.63, 3.8) is 0 Å². The number of aliphatic hydroxyl groups is 1. The van der Waals surface area contributed by atoms with E-state index in [9.17, 15) is 0 Å². The number of aliphatic hydroxyl groups excluding tert-OH is 1. The number of carbonyl (C=O) groups excluding carboxylic acids is 4. The Morgan fingerprint density at radius 1 is 1.26 bits per heavy atom. The molecule has 0 aromatic rings. The van der Waals surface area contributed by atoms with Crippen molar-refractivity contribution in [3.8, 4) is 0 Å². The van der Waals surface area contributed by atoms with E-state index in [0.29, 0.717) is 6.42 Å². The molecule has 0 aromatic carbocycles. The summed E-state index contributed by atoms with van der Waals surface area (Å²) >= 11 is 0. The van der Waals surface area contributed by atoms with Gasteiger partial charge in [-0.15, -0.1) is 6.42 Å². The molecule has 0 aliphatic carbocycles. The Bertz CT molecular complexity index is 171. The second-order valence-electron chi connectivity index (χ2n) is 0.900. The third-order valence-corrected chi connectivity index (χ3v) is 0.289. The quantitative estimate of drug-likeness (QED) is 0.332. The molecule has 0 fully saturated rings. The van der Waals surface area contributed by atoms with Crippen LogP contribution in [-0.4, -0.2) is 24.8 Å². The number of hydrogen-bond acceptors (Lipinski definition) is 5. The Morgan fingerprint density at radius 2 is 1.32 bits per heavy atom. The summed E-state index contributed by atoms with van der Waals surface area (Å²) in [4.78, 5) is 32.9. The SMILES string of the molecule is C.C.C=C(O)C[CH2-].CC.O=C=O.[2H][C-]=O.[2H][C-]=O.[CH3-].[Ni+2].[Ni+2]. The summed E-state index contributed by atoms with van der Waals surface area (Å²) in [7, 11) is 0. The maximum atomic E-state index is 8.35. The Kier molecular flexibility index (Phi) is 687. The van der Waals surface area contributed by atoms with Gasteiger partial charge in [0.15, 0.2) is 0 Å². The Hall–Kier alpha value is -0.753. The smallest absolute Gasteiger partial charge is 0.545 e. The molecule has 0 unspecified atom stereocenters. The number of allylic oxidation sites excluding steroid dienone is 1. The van der Waals surface area contributed by atoms with Crippen LogP contribution in [0.4, 0.5) is 0 Å². The summed E-state index contributed by atoms with van der Waals surface area (Å²) in [5.41, 5.74) is 0. The summed E-state index contributed by atoms with van der Waals surface area (Å²) in [5.74, 6) is 0.144. The minimum absolute atomic E-state index is 0. The van der Waals surface area contributed by atoms with Crippen LogP contribution in [0.25, 0.3) is 0 Å². The fraction of sp³-hybridized carbons (Fsp3) is 0.417. The minimum Gasteiger partial charge on any atom is -0.545 e. The van der Waals surface area contributed by atoms with Crippen LogP contribution in [-0.2, 0) is 52.2 Å². The molecule has 0 bridgehead atoms. The molecule has 0 atom stereocenters. The minimum atomic E-state index is 0. The molecule has 19 heavy (non-hydrogen) atoms. The van der Waals surface area contributed by atoms with Crippen molar-refractivity contribution in [1.82, 2.24) is 0 Å². The third kappa shape index (κ3) is 2580. The Morgan fingerprint density at radius 3 is 1.32 bits per heavy atom. The third-order valence-electron chi connectivity index (χ3n) is 0.289. The van der Waals surface area contributed by atoms with Crippen molar-refractivity contribution < 1.29 is 60.0 Å². The van der Waals surface area contributed by atoms with Gasteiger partial charge in [-0.1, -0.05) is 35.3 Å². The summed E-state index contributed by atoms with van der Waals surface area (Å²) in [6.07, 6.45) is 0.667. The van der Waals surface area contributed by atoms with E-state index in [2.05, 4.69) is 13.5 Å². The molecule has 0 saturated heterocycles. The average Bonchev–Trinajstić information content (AvgIpc) is 2.24. The Balaban J connectivity index is -0.00000000874. The summed E-state index contributed by atoms with van der Waals surface area (Å²) in [5, 5.41) is 8.10. The molecular weight excluding hydrogens is 342 g/mol. The van der Waals surface area contributed by atoms with E-state index < -0.39 is 0 Å². The van der Waals surface area contributed by atoms with Gasteiger partial charge in [0.2, 0.25) is 0 Å². The van der Waals surface area contributed by atoms with Crippen molar-refractivity contribution >= 4 is 19.7 Å². The molecule has 0 aromatic heterocycles. The van der Waals surface area contributed by atoms with E-state index in [-0.39, 0.29) is 67.2 Å². The van der Waals surface area contributed by atoms with Gasteiger partial charge in [-0.05, 0) is 0 Å². The van der Waals surface area contributed by atoms with Gasteiger partial charge in [0, 0.05) is 0 Å². The van der Waals surface area contributed by atoms with Crippen molar-refractivity contribution in [2.24, 2.45) is 0 Å². The van der Waals surface area contributed by atoms with E-state index in [1.807, 2.05) is 13.8 Å². The second-order valence-corrected chi connectivity index (χ2v) is 0.900. The van der Waals surface area contributed by atoms with Crippen LogP contribution in [0.3, 0.4) is 0 Å². The van der Waals surface area contributed by atoms with E-state index in [0.717, 1.165) is 13.5 Å². The van der Waals surface area contributed by atoms with Crippen molar-refractivity contribution in [1.29, 1.82) is 0 Å². The molecule has 0 amide bonds. The van der Waals surface area contributed by atoms with E-state index in [4.69, 9.17) is 27.0 Å². The molecule has 1 N–H and O–H groups in total. The fourth-order valence-electron chi connectivity index (χ4n) is 0. The van der Waals surface area contributed by atoms with E-state index in [1.54, 1.807) is 0 Å². The van der Waals surface area contributed by atoms with Crippen LogP contribution in [0.5, 0.6) is 0 Å². The zero-order valence-electron chi connectivity index (χ0n) is 11.8. The molecule has 0 spiro atoms. The number of hydrogen-bond donors (Lipinski definition) is 1. The Labute approximate surface area is 141 Å². The van der Waals surface area contributed by atoms with Crippen LogP contribution in [0.1, 0.15) is 37.9 Å². The molecular formula is C12H26Ni2O5. The van der Waals surface area contributed by atoms with Gasteiger partial charge in [-0.25, -0.2) is 0 Å². The summed E-state index contributed by atoms with van der Waals surface area (Å²) in [6.45, 7) is 12.0. The van der Waals surface area contributed by atoms with E-state index in [1.165, 1.54) is 0 Å². The normalized spacial score (nSPS) is 4.16. The zero-order chi connectivity index (χ0) is 14.4. The van der Waals surface area contributed by atoms with Gasteiger partial charge in [-0.2, -0.15) is 12.3 Å². The summed E-state index contributed by atoms with van der Waals surface area (Å²) in [6, 6.07) is 0. The van der Waals surface area contributed by atoms with Gasteiger partial charge < -0.3 is 29.0 Å². The molecule has 0 radical (unpaired) electrons. The first-order valence-corrected chi connectivity index (χ1v) is 3.25. The van der Waals surface area contributed by atoms with Gasteiger partial charge in [0.25, 0.3) is 0 Å². The fourth-order valence-corrected chi connectivity index (χ4v) is 0. The molecule has 0 rings (SSSR count). The largest absolute Gasteiger partial charge is 2.00 e. The first-order valence-electron chi connectivity index (χ1n) is 4.25. The van der Waals surface area contributed by atoms with Crippen LogP contribution < -0.4 is 0 Å². The van der Waals surface area contributed by atoms with Crippen molar-refractivity contribution in [3.05, 3.63) is 26.7 Å². The molecule has 7 heteroatoms. The first kappa shape index (κ1) is 51.7.